The van der Waals surface area contributed by atoms with Crippen LogP contribution in [-0.4, -0.2) is 40.2 Å². The number of piperazine rings is 1. The van der Waals surface area contributed by atoms with Gasteiger partial charge < -0.3 is 9.80 Å². The molecular formula is C22H21ClN4O2. The summed E-state index contributed by atoms with van der Waals surface area (Å²) in [5.74, 6) is 0.0182. The maximum atomic E-state index is 12.6. The van der Waals surface area contributed by atoms with Gasteiger partial charge in [-0.1, -0.05) is 54.1 Å². The van der Waals surface area contributed by atoms with Gasteiger partial charge in [-0.3, -0.25) is 9.59 Å². The number of aromatic nitrogens is 2. The van der Waals surface area contributed by atoms with Gasteiger partial charge in [0.1, 0.15) is 0 Å². The second kappa shape index (κ2) is 8.49. The molecule has 0 saturated carbocycles. The number of hydrogen-bond acceptors (Lipinski definition) is 4. The molecule has 29 heavy (non-hydrogen) atoms. The van der Waals surface area contributed by atoms with Crippen molar-refractivity contribution < 1.29 is 4.79 Å². The summed E-state index contributed by atoms with van der Waals surface area (Å²) < 4.78 is 1.43. The van der Waals surface area contributed by atoms with E-state index in [0.29, 0.717) is 36.9 Å². The Hall–Kier alpha value is -3.12. The molecule has 3 aromatic rings. The van der Waals surface area contributed by atoms with Crippen LogP contribution >= 0.6 is 11.6 Å². The molecule has 0 radical (unpaired) electrons. The molecule has 1 amide bonds. The van der Waals surface area contributed by atoms with Gasteiger partial charge in [0.25, 0.3) is 5.56 Å². The Morgan fingerprint density at radius 3 is 2.41 bits per heavy atom. The molecule has 6 nitrogen and oxygen atoms in total. The molecule has 0 aliphatic carbocycles. The van der Waals surface area contributed by atoms with Gasteiger partial charge >= 0.3 is 0 Å². The highest BCUT2D eigenvalue weighted by molar-refractivity contribution is 6.30. The van der Waals surface area contributed by atoms with Crippen molar-refractivity contribution in [3.63, 3.8) is 0 Å². The lowest BCUT2D eigenvalue weighted by Gasteiger charge is -2.35. The van der Waals surface area contributed by atoms with Crippen LogP contribution in [0, 0.1) is 0 Å². The average molecular weight is 409 g/mol. The number of benzene rings is 2. The molecule has 1 saturated heterocycles. The van der Waals surface area contributed by atoms with Crippen LogP contribution < -0.4 is 10.5 Å². The van der Waals surface area contributed by atoms with Crippen molar-refractivity contribution in [3.8, 4) is 0 Å². The maximum Gasteiger partial charge on any atom is 0.269 e. The number of halogens is 1. The minimum atomic E-state index is -0.180. The predicted octanol–water partition coefficient (Wildman–Crippen LogP) is 2.79. The highest BCUT2D eigenvalue weighted by atomic mass is 35.5. The zero-order valence-corrected chi connectivity index (χ0v) is 16.6. The molecule has 0 spiro atoms. The fourth-order valence-electron chi connectivity index (χ4n) is 3.42. The third-order valence-corrected chi connectivity index (χ3v) is 5.21. The van der Waals surface area contributed by atoms with Crippen molar-refractivity contribution in [2.45, 2.75) is 13.1 Å². The number of hydrogen-bond donors (Lipinski definition) is 0. The summed E-state index contributed by atoms with van der Waals surface area (Å²) in [7, 11) is 0. The van der Waals surface area contributed by atoms with Gasteiger partial charge in [0.15, 0.2) is 0 Å². The summed E-state index contributed by atoms with van der Waals surface area (Å²) in [4.78, 5) is 28.8. The van der Waals surface area contributed by atoms with E-state index in [9.17, 15) is 9.59 Å². The first-order valence-electron chi connectivity index (χ1n) is 9.47. The molecule has 1 aromatic heterocycles. The minimum absolute atomic E-state index is 0.0182. The van der Waals surface area contributed by atoms with Crippen molar-refractivity contribution in [2.24, 2.45) is 0 Å². The Balaban J connectivity index is 1.42. The van der Waals surface area contributed by atoms with Crippen LogP contribution in [0.15, 0.2) is 71.7 Å². The Morgan fingerprint density at radius 2 is 1.69 bits per heavy atom. The predicted molar refractivity (Wildman–Crippen MR) is 113 cm³/mol. The SMILES string of the molecule is O=C1CN(c2cnn(Cc3ccccc3)c(=O)c2)CCN1Cc1cccc(Cl)c1. The van der Waals surface area contributed by atoms with Crippen molar-refractivity contribution >= 4 is 23.2 Å². The molecule has 1 aliphatic heterocycles. The van der Waals surface area contributed by atoms with Gasteiger partial charge in [0, 0.05) is 30.7 Å². The summed E-state index contributed by atoms with van der Waals surface area (Å²) in [6.45, 7) is 2.41. The van der Waals surface area contributed by atoms with E-state index >= 15 is 0 Å². The largest absolute Gasteiger partial charge is 0.359 e. The van der Waals surface area contributed by atoms with Crippen LogP contribution in [0.4, 0.5) is 5.69 Å². The lowest BCUT2D eigenvalue weighted by Crippen LogP contribution is -2.50. The fourth-order valence-corrected chi connectivity index (χ4v) is 3.64. The summed E-state index contributed by atoms with van der Waals surface area (Å²) in [5.41, 5.74) is 2.51. The van der Waals surface area contributed by atoms with Crippen LogP contribution in [0.5, 0.6) is 0 Å². The summed E-state index contributed by atoms with van der Waals surface area (Å²) >= 11 is 6.03. The molecule has 2 heterocycles. The Morgan fingerprint density at radius 1 is 0.897 bits per heavy atom. The number of carbonyl (C=O) groups is 1. The van der Waals surface area contributed by atoms with Gasteiger partial charge in [-0.2, -0.15) is 5.10 Å². The Labute approximate surface area is 173 Å². The second-order valence-corrected chi connectivity index (χ2v) is 7.50. The third kappa shape index (κ3) is 4.66. The van der Waals surface area contributed by atoms with E-state index in [0.717, 1.165) is 11.1 Å². The van der Waals surface area contributed by atoms with E-state index in [1.807, 2.05) is 64.4 Å². The summed E-state index contributed by atoms with van der Waals surface area (Å²) in [5, 5.41) is 4.96. The van der Waals surface area contributed by atoms with Gasteiger partial charge in [-0.05, 0) is 23.3 Å². The topological polar surface area (TPSA) is 58.4 Å². The van der Waals surface area contributed by atoms with E-state index < -0.39 is 0 Å². The first-order valence-corrected chi connectivity index (χ1v) is 9.84. The normalized spacial score (nSPS) is 14.3. The lowest BCUT2D eigenvalue weighted by molar-refractivity contribution is -0.131. The van der Waals surface area contributed by atoms with Crippen LogP contribution in [0.2, 0.25) is 5.02 Å². The third-order valence-electron chi connectivity index (χ3n) is 4.98. The molecule has 7 heteroatoms. The number of rotatable bonds is 5. The molecule has 148 valence electrons. The molecule has 1 aliphatic rings. The summed E-state index contributed by atoms with van der Waals surface area (Å²) in [6.07, 6.45) is 1.66. The monoisotopic (exact) mass is 408 g/mol. The highest BCUT2D eigenvalue weighted by Gasteiger charge is 2.24. The molecule has 0 atom stereocenters. The van der Waals surface area contributed by atoms with Crippen molar-refractivity contribution in [3.05, 3.63) is 93.4 Å². The van der Waals surface area contributed by atoms with Gasteiger partial charge in [0.05, 0.1) is 25.0 Å². The highest BCUT2D eigenvalue weighted by Crippen LogP contribution is 2.17. The first kappa shape index (κ1) is 19.2. The first-order chi connectivity index (χ1) is 14.1. The Bertz CT molecular complexity index is 1070. The number of nitrogens with zero attached hydrogens (tertiary/aromatic N) is 4. The van der Waals surface area contributed by atoms with Crippen LogP contribution in [0.1, 0.15) is 11.1 Å². The van der Waals surface area contributed by atoms with Crippen LogP contribution in [0.25, 0.3) is 0 Å². The molecular weight excluding hydrogens is 388 g/mol. The summed E-state index contributed by atoms with van der Waals surface area (Å²) in [6, 6.07) is 18.8. The molecule has 4 rings (SSSR count). The smallest absolute Gasteiger partial charge is 0.269 e. The lowest BCUT2D eigenvalue weighted by atomic mass is 10.2. The van der Waals surface area contributed by atoms with E-state index in [2.05, 4.69) is 5.10 Å². The molecule has 0 N–H and O–H groups in total. The van der Waals surface area contributed by atoms with Gasteiger partial charge in [0.2, 0.25) is 5.91 Å². The average Bonchev–Trinajstić information content (AvgIpc) is 2.72. The standard InChI is InChI=1S/C22H21ClN4O2/c23-19-8-4-7-18(11-19)14-26-10-9-25(16-22(26)29)20-12-21(28)27(24-13-20)15-17-5-2-1-3-6-17/h1-8,11-13H,9-10,14-16H2. The maximum absolute atomic E-state index is 12.6. The number of amides is 1. The van der Waals surface area contributed by atoms with Crippen LogP contribution in [0.3, 0.4) is 0 Å². The van der Waals surface area contributed by atoms with E-state index in [-0.39, 0.29) is 18.0 Å². The quantitative estimate of drug-likeness (QED) is 0.651. The van der Waals surface area contributed by atoms with Crippen LogP contribution in [-0.2, 0) is 17.9 Å². The molecule has 0 bridgehead atoms. The van der Waals surface area contributed by atoms with Gasteiger partial charge in [-0.25, -0.2) is 4.68 Å². The number of anilines is 1. The molecule has 0 unspecified atom stereocenters. The second-order valence-electron chi connectivity index (χ2n) is 7.06. The molecule has 1 fully saturated rings. The number of carbonyl (C=O) groups excluding carboxylic acids is 1. The Kier molecular flexibility index (Phi) is 5.62. The van der Waals surface area contributed by atoms with Gasteiger partial charge in [-0.15, -0.1) is 0 Å². The van der Waals surface area contributed by atoms with Crippen molar-refractivity contribution in [1.29, 1.82) is 0 Å². The zero-order valence-electron chi connectivity index (χ0n) is 15.9. The van der Waals surface area contributed by atoms with Crippen molar-refractivity contribution in [1.82, 2.24) is 14.7 Å². The van der Waals surface area contributed by atoms with E-state index in [4.69, 9.17) is 11.6 Å². The van der Waals surface area contributed by atoms with E-state index in [1.165, 1.54) is 4.68 Å². The fraction of sp³-hybridized carbons (Fsp3) is 0.227. The zero-order chi connectivity index (χ0) is 20.2. The minimum Gasteiger partial charge on any atom is -0.359 e. The molecule has 2 aromatic carbocycles. The van der Waals surface area contributed by atoms with E-state index in [1.54, 1.807) is 12.3 Å². The van der Waals surface area contributed by atoms with Crippen molar-refractivity contribution in [2.75, 3.05) is 24.5 Å².